The van der Waals surface area contributed by atoms with Crippen molar-refractivity contribution in [3.63, 3.8) is 0 Å². The Balaban J connectivity index is 1.63. The Labute approximate surface area is 114 Å². The molecule has 2 heterocycles. The molecule has 0 radical (unpaired) electrons. The molecule has 0 bridgehead atoms. The van der Waals surface area contributed by atoms with Crippen LogP contribution in [0.2, 0.25) is 0 Å². The molecule has 1 aromatic carbocycles. The van der Waals surface area contributed by atoms with Gasteiger partial charge in [-0.2, -0.15) is 0 Å². The SMILES string of the molecule is Cc1nc2ccccc2n1CCNC1CCCNC1. The van der Waals surface area contributed by atoms with Gasteiger partial charge < -0.3 is 15.2 Å². The first-order chi connectivity index (χ1) is 9.34. The topological polar surface area (TPSA) is 41.9 Å². The fourth-order valence-electron chi connectivity index (χ4n) is 2.88. The molecule has 0 amide bonds. The van der Waals surface area contributed by atoms with Crippen molar-refractivity contribution in [2.45, 2.75) is 32.4 Å². The Morgan fingerprint density at radius 1 is 1.42 bits per heavy atom. The molecule has 1 aliphatic heterocycles. The summed E-state index contributed by atoms with van der Waals surface area (Å²) in [5.74, 6) is 1.10. The lowest BCUT2D eigenvalue weighted by molar-refractivity contribution is 0.384. The minimum Gasteiger partial charge on any atom is -0.327 e. The van der Waals surface area contributed by atoms with Gasteiger partial charge in [-0.15, -0.1) is 0 Å². The van der Waals surface area contributed by atoms with Crippen LogP contribution in [-0.4, -0.2) is 35.2 Å². The molecule has 1 aliphatic rings. The van der Waals surface area contributed by atoms with Crippen molar-refractivity contribution in [3.05, 3.63) is 30.1 Å². The molecular weight excluding hydrogens is 236 g/mol. The Morgan fingerprint density at radius 3 is 3.16 bits per heavy atom. The first kappa shape index (κ1) is 12.6. The molecule has 4 heteroatoms. The number of imidazole rings is 1. The molecule has 2 aromatic rings. The van der Waals surface area contributed by atoms with E-state index in [1.165, 1.54) is 24.9 Å². The molecule has 3 rings (SSSR count). The van der Waals surface area contributed by atoms with Crippen LogP contribution in [0.5, 0.6) is 0 Å². The number of para-hydroxylation sites is 2. The van der Waals surface area contributed by atoms with Crippen LogP contribution in [0.4, 0.5) is 0 Å². The van der Waals surface area contributed by atoms with Crippen LogP contribution >= 0.6 is 0 Å². The number of rotatable bonds is 4. The fraction of sp³-hybridized carbons (Fsp3) is 0.533. The molecule has 19 heavy (non-hydrogen) atoms. The van der Waals surface area contributed by atoms with Crippen molar-refractivity contribution in [2.24, 2.45) is 0 Å². The van der Waals surface area contributed by atoms with Gasteiger partial charge in [0, 0.05) is 25.7 Å². The van der Waals surface area contributed by atoms with Crippen LogP contribution in [0.15, 0.2) is 24.3 Å². The van der Waals surface area contributed by atoms with Crippen molar-refractivity contribution >= 4 is 11.0 Å². The van der Waals surface area contributed by atoms with E-state index in [1.54, 1.807) is 0 Å². The zero-order valence-electron chi connectivity index (χ0n) is 11.5. The fourth-order valence-corrected chi connectivity index (χ4v) is 2.88. The first-order valence-corrected chi connectivity index (χ1v) is 7.20. The highest BCUT2D eigenvalue weighted by Crippen LogP contribution is 2.14. The average molecular weight is 258 g/mol. The van der Waals surface area contributed by atoms with Crippen molar-refractivity contribution in [1.82, 2.24) is 20.2 Å². The zero-order valence-corrected chi connectivity index (χ0v) is 11.5. The second-order valence-corrected chi connectivity index (χ2v) is 5.30. The van der Waals surface area contributed by atoms with Gasteiger partial charge in [0.1, 0.15) is 5.82 Å². The van der Waals surface area contributed by atoms with Gasteiger partial charge in [0.15, 0.2) is 0 Å². The monoisotopic (exact) mass is 258 g/mol. The number of benzene rings is 1. The second-order valence-electron chi connectivity index (χ2n) is 5.30. The summed E-state index contributed by atoms with van der Waals surface area (Å²) >= 11 is 0. The normalized spacial score (nSPS) is 19.9. The summed E-state index contributed by atoms with van der Waals surface area (Å²) in [6, 6.07) is 8.99. The van der Waals surface area contributed by atoms with E-state index in [1.807, 2.05) is 6.07 Å². The lowest BCUT2D eigenvalue weighted by Crippen LogP contribution is -2.44. The highest BCUT2D eigenvalue weighted by molar-refractivity contribution is 5.75. The molecule has 0 saturated carbocycles. The molecule has 0 aliphatic carbocycles. The van der Waals surface area contributed by atoms with Gasteiger partial charge in [-0.1, -0.05) is 12.1 Å². The minimum atomic E-state index is 0.629. The number of piperidine rings is 1. The van der Waals surface area contributed by atoms with E-state index in [4.69, 9.17) is 0 Å². The summed E-state index contributed by atoms with van der Waals surface area (Å²) in [6.07, 6.45) is 2.57. The van der Waals surface area contributed by atoms with E-state index in [2.05, 4.69) is 45.3 Å². The first-order valence-electron chi connectivity index (χ1n) is 7.20. The van der Waals surface area contributed by atoms with Crippen molar-refractivity contribution in [2.75, 3.05) is 19.6 Å². The Morgan fingerprint density at radius 2 is 2.32 bits per heavy atom. The molecule has 1 atom stereocenters. The molecule has 102 valence electrons. The van der Waals surface area contributed by atoms with Crippen LogP contribution in [0.1, 0.15) is 18.7 Å². The molecule has 0 spiro atoms. The predicted molar refractivity (Wildman–Crippen MR) is 78.4 cm³/mol. The predicted octanol–water partition coefficient (Wildman–Crippen LogP) is 1.69. The van der Waals surface area contributed by atoms with Gasteiger partial charge in [-0.25, -0.2) is 4.98 Å². The third-order valence-corrected chi connectivity index (χ3v) is 3.91. The van der Waals surface area contributed by atoms with Crippen LogP contribution in [-0.2, 0) is 6.54 Å². The third kappa shape index (κ3) is 2.80. The van der Waals surface area contributed by atoms with Crippen LogP contribution < -0.4 is 10.6 Å². The molecule has 1 aromatic heterocycles. The van der Waals surface area contributed by atoms with E-state index in [0.29, 0.717) is 6.04 Å². The Hall–Kier alpha value is -1.39. The summed E-state index contributed by atoms with van der Waals surface area (Å²) in [6.45, 7) is 6.35. The quantitative estimate of drug-likeness (QED) is 0.877. The third-order valence-electron chi connectivity index (χ3n) is 3.91. The van der Waals surface area contributed by atoms with Gasteiger partial charge in [-0.05, 0) is 38.4 Å². The van der Waals surface area contributed by atoms with Gasteiger partial charge in [0.2, 0.25) is 0 Å². The molecule has 2 N–H and O–H groups in total. The van der Waals surface area contributed by atoms with Gasteiger partial charge in [0.25, 0.3) is 0 Å². The number of fused-ring (bicyclic) bond motifs is 1. The summed E-state index contributed by atoms with van der Waals surface area (Å²) in [7, 11) is 0. The van der Waals surface area contributed by atoms with Crippen LogP contribution in [0.3, 0.4) is 0 Å². The zero-order chi connectivity index (χ0) is 13.1. The maximum atomic E-state index is 4.60. The second kappa shape index (κ2) is 5.72. The summed E-state index contributed by atoms with van der Waals surface area (Å²) in [5, 5.41) is 7.08. The molecule has 4 nitrogen and oxygen atoms in total. The van der Waals surface area contributed by atoms with E-state index in [0.717, 1.165) is 31.0 Å². The molecule has 1 fully saturated rings. The number of hydrogen-bond donors (Lipinski definition) is 2. The standard InChI is InChI=1S/C15H22N4/c1-12-18-14-6-2-3-7-15(14)19(12)10-9-17-13-5-4-8-16-11-13/h2-3,6-7,13,16-17H,4-5,8-11H2,1H3. The van der Waals surface area contributed by atoms with E-state index < -0.39 is 0 Å². The minimum absolute atomic E-state index is 0.629. The van der Waals surface area contributed by atoms with Gasteiger partial charge in [0.05, 0.1) is 11.0 Å². The average Bonchev–Trinajstić information content (AvgIpc) is 2.76. The van der Waals surface area contributed by atoms with Crippen molar-refractivity contribution in [1.29, 1.82) is 0 Å². The van der Waals surface area contributed by atoms with Crippen molar-refractivity contribution in [3.8, 4) is 0 Å². The van der Waals surface area contributed by atoms with Crippen molar-refractivity contribution < 1.29 is 0 Å². The van der Waals surface area contributed by atoms with E-state index in [9.17, 15) is 0 Å². The lowest BCUT2D eigenvalue weighted by Gasteiger charge is -2.24. The number of hydrogen-bond acceptors (Lipinski definition) is 3. The molecule has 1 saturated heterocycles. The Kier molecular flexibility index (Phi) is 3.80. The van der Waals surface area contributed by atoms with Crippen LogP contribution in [0, 0.1) is 6.92 Å². The summed E-state index contributed by atoms with van der Waals surface area (Å²) in [4.78, 5) is 4.60. The maximum absolute atomic E-state index is 4.60. The van der Waals surface area contributed by atoms with E-state index >= 15 is 0 Å². The van der Waals surface area contributed by atoms with Gasteiger partial charge >= 0.3 is 0 Å². The van der Waals surface area contributed by atoms with E-state index in [-0.39, 0.29) is 0 Å². The molecular formula is C15H22N4. The number of nitrogens with one attached hydrogen (secondary N) is 2. The largest absolute Gasteiger partial charge is 0.327 e. The number of aromatic nitrogens is 2. The Bertz CT molecular complexity index is 540. The number of nitrogens with zero attached hydrogens (tertiary/aromatic N) is 2. The highest BCUT2D eigenvalue weighted by atomic mass is 15.1. The van der Waals surface area contributed by atoms with Gasteiger partial charge in [-0.3, -0.25) is 0 Å². The highest BCUT2D eigenvalue weighted by Gasteiger charge is 2.12. The number of aryl methyl sites for hydroxylation is 1. The lowest BCUT2D eigenvalue weighted by atomic mass is 10.1. The maximum Gasteiger partial charge on any atom is 0.106 e. The summed E-state index contributed by atoms with van der Waals surface area (Å²) in [5.41, 5.74) is 2.34. The smallest absolute Gasteiger partial charge is 0.106 e. The molecule has 1 unspecified atom stereocenters. The van der Waals surface area contributed by atoms with Crippen LogP contribution in [0.25, 0.3) is 11.0 Å². The summed E-state index contributed by atoms with van der Waals surface area (Å²) < 4.78 is 2.30.